The largest absolute Gasteiger partial charge is 0.398 e. The Kier molecular flexibility index (Phi) is 4.65. The monoisotopic (exact) mass is 307 g/mol. The number of nitrogen functional groups attached to an aromatic ring is 1. The third kappa shape index (κ3) is 3.39. The summed E-state index contributed by atoms with van der Waals surface area (Å²) in [6.07, 6.45) is 3.87. The number of nitrogens with one attached hydrogen (secondary N) is 1. The van der Waals surface area contributed by atoms with Gasteiger partial charge in [0.1, 0.15) is 0 Å². The van der Waals surface area contributed by atoms with Crippen LogP contribution in [0.2, 0.25) is 0 Å². The summed E-state index contributed by atoms with van der Waals surface area (Å²) in [7, 11) is 0. The summed E-state index contributed by atoms with van der Waals surface area (Å²) >= 11 is 0. The van der Waals surface area contributed by atoms with Crippen LogP contribution in [0.3, 0.4) is 0 Å². The first kappa shape index (κ1) is 15.6. The fourth-order valence-corrected chi connectivity index (χ4v) is 3.32. The van der Waals surface area contributed by atoms with Crippen LogP contribution in [0.1, 0.15) is 37.3 Å². The van der Waals surface area contributed by atoms with Crippen molar-refractivity contribution in [2.75, 3.05) is 23.7 Å². The van der Waals surface area contributed by atoms with Gasteiger partial charge in [-0.3, -0.25) is 5.41 Å². The number of nitrogens with zero attached hydrogens (tertiary/aromatic N) is 1. The van der Waals surface area contributed by atoms with Gasteiger partial charge < -0.3 is 10.6 Å². The summed E-state index contributed by atoms with van der Waals surface area (Å²) in [5.41, 5.74) is 10.1. The van der Waals surface area contributed by atoms with Gasteiger partial charge in [0.25, 0.3) is 0 Å². The predicted molar refractivity (Wildman–Crippen MR) is 98.5 cm³/mol. The van der Waals surface area contributed by atoms with Crippen molar-refractivity contribution >= 4 is 17.1 Å². The van der Waals surface area contributed by atoms with Crippen molar-refractivity contribution in [2.45, 2.75) is 26.2 Å². The zero-order chi connectivity index (χ0) is 16.2. The number of para-hydroxylation sites is 1. The summed E-state index contributed by atoms with van der Waals surface area (Å²) in [6, 6.07) is 15.9. The Morgan fingerprint density at radius 3 is 2.35 bits per heavy atom. The van der Waals surface area contributed by atoms with Gasteiger partial charge in [0.15, 0.2) is 0 Å². The highest BCUT2D eigenvalue weighted by molar-refractivity contribution is 6.13. The fraction of sp³-hybridized carbons (Fsp3) is 0.350. The van der Waals surface area contributed by atoms with Gasteiger partial charge in [-0.2, -0.15) is 0 Å². The summed E-state index contributed by atoms with van der Waals surface area (Å²) in [4.78, 5) is 2.45. The SMILES string of the molecule is CCC1CCN(c2ccc(C(=N)c3ccccc3N)cc2)CC1. The highest BCUT2D eigenvalue weighted by atomic mass is 15.1. The molecule has 1 saturated heterocycles. The maximum absolute atomic E-state index is 8.38. The van der Waals surface area contributed by atoms with Crippen molar-refractivity contribution in [3.8, 4) is 0 Å². The van der Waals surface area contributed by atoms with Crippen molar-refractivity contribution in [1.29, 1.82) is 5.41 Å². The molecule has 3 rings (SSSR count). The van der Waals surface area contributed by atoms with Crippen molar-refractivity contribution < 1.29 is 0 Å². The molecule has 0 aromatic heterocycles. The molecule has 1 fully saturated rings. The third-order valence-corrected chi connectivity index (χ3v) is 4.94. The van der Waals surface area contributed by atoms with E-state index in [-0.39, 0.29) is 0 Å². The number of anilines is 2. The normalized spacial score (nSPS) is 15.6. The molecule has 0 radical (unpaired) electrons. The molecule has 3 N–H and O–H groups in total. The van der Waals surface area contributed by atoms with E-state index in [1.165, 1.54) is 24.9 Å². The Labute approximate surface area is 138 Å². The lowest BCUT2D eigenvalue weighted by molar-refractivity contribution is 0.395. The molecule has 2 aromatic carbocycles. The molecule has 0 saturated carbocycles. The Balaban J connectivity index is 1.73. The molecule has 1 aliphatic rings. The fourth-order valence-electron chi connectivity index (χ4n) is 3.32. The molecule has 0 aliphatic carbocycles. The van der Waals surface area contributed by atoms with Crippen LogP contribution in [-0.4, -0.2) is 18.8 Å². The van der Waals surface area contributed by atoms with E-state index in [0.717, 1.165) is 30.1 Å². The van der Waals surface area contributed by atoms with Gasteiger partial charge in [-0.05, 0) is 37.0 Å². The third-order valence-electron chi connectivity index (χ3n) is 4.94. The van der Waals surface area contributed by atoms with E-state index >= 15 is 0 Å². The minimum atomic E-state index is 0.486. The van der Waals surface area contributed by atoms with E-state index in [1.54, 1.807) is 0 Å². The van der Waals surface area contributed by atoms with Crippen molar-refractivity contribution in [2.24, 2.45) is 5.92 Å². The zero-order valence-corrected chi connectivity index (χ0v) is 13.8. The van der Waals surface area contributed by atoms with Crippen molar-refractivity contribution in [3.05, 3.63) is 59.7 Å². The maximum Gasteiger partial charge on any atom is 0.0705 e. The first-order chi connectivity index (χ1) is 11.2. The lowest BCUT2D eigenvalue weighted by atomic mass is 9.94. The first-order valence-electron chi connectivity index (χ1n) is 8.48. The van der Waals surface area contributed by atoms with E-state index < -0.39 is 0 Å². The van der Waals surface area contributed by atoms with Crippen LogP contribution in [0, 0.1) is 11.3 Å². The van der Waals surface area contributed by atoms with E-state index in [2.05, 4.69) is 24.0 Å². The molecule has 0 amide bonds. The predicted octanol–water partition coefficient (Wildman–Crippen LogP) is 4.31. The lowest BCUT2D eigenvalue weighted by Crippen LogP contribution is -2.33. The van der Waals surface area contributed by atoms with Crippen LogP contribution in [0.25, 0.3) is 0 Å². The highest BCUT2D eigenvalue weighted by Gasteiger charge is 2.18. The number of hydrogen-bond acceptors (Lipinski definition) is 3. The van der Waals surface area contributed by atoms with Crippen LogP contribution in [0.15, 0.2) is 48.5 Å². The van der Waals surface area contributed by atoms with E-state index in [9.17, 15) is 0 Å². The van der Waals surface area contributed by atoms with Gasteiger partial charge >= 0.3 is 0 Å². The Morgan fingerprint density at radius 1 is 1.09 bits per heavy atom. The second-order valence-electron chi connectivity index (χ2n) is 6.35. The van der Waals surface area contributed by atoms with Crippen LogP contribution < -0.4 is 10.6 Å². The minimum absolute atomic E-state index is 0.486. The van der Waals surface area contributed by atoms with Gasteiger partial charge in [0.2, 0.25) is 0 Å². The average Bonchev–Trinajstić information content (AvgIpc) is 2.62. The maximum atomic E-state index is 8.38. The molecule has 0 spiro atoms. The second kappa shape index (κ2) is 6.86. The molecular weight excluding hydrogens is 282 g/mol. The van der Waals surface area contributed by atoms with Gasteiger partial charge in [-0.15, -0.1) is 0 Å². The lowest BCUT2D eigenvalue weighted by Gasteiger charge is -2.33. The Morgan fingerprint density at radius 2 is 1.74 bits per heavy atom. The average molecular weight is 307 g/mol. The Hall–Kier alpha value is -2.29. The highest BCUT2D eigenvalue weighted by Crippen LogP contribution is 2.26. The summed E-state index contributed by atoms with van der Waals surface area (Å²) < 4.78 is 0. The summed E-state index contributed by atoms with van der Waals surface area (Å²) in [6.45, 7) is 4.57. The number of piperidine rings is 1. The molecule has 23 heavy (non-hydrogen) atoms. The molecule has 3 heteroatoms. The number of nitrogens with two attached hydrogens (primary N) is 1. The standard InChI is InChI=1S/C20H25N3/c1-2-15-11-13-23(14-12-15)17-9-7-16(8-10-17)20(22)18-5-3-4-6-19(18)21/h3-10,15,22H,2,11-14,21H2,1H3. The molecule has 0 unspecified atom stereocenters. The molecule has 1 aliphatic heterocycles. The van der Waals surface area contributed by atoms with E-state index in [0.29, 0.717) is 11.4 Å². The molecule has 0 bridgehead atoms. The van der Waals surface area contributed by atoms with Crippen molar-refractivity contribution in [1.82, 2.24) is 0 Å². The quantitative estimate of drug-likeness (QED) is 0.653. The van der Waals surface area contributed by atoms with E-state index in [1.807, 2.05) is 36.4 Å². The zero-order valence-electron chi connectivity index (χ0n) is 13.8. The van der Waals surface area contributed by atoms with Crippen LogP contribution in [-0.2, 0) is 0 Å². The van der Waals surface area contributed by atoms with Gasteiger partial charge in [0, 0.05) is 35.6 Å². The number of hydrogen-bond donors (Lipinski definition) is 2. The molecule has 3 nitrogen and oxygen atoms in total. The van der Waals surface area contributed by atoms with Crippen LogP contribution in [0.4, 0.5) is 11.4 Å². The van der Waals surface area contributed by atoms with Gasteiger partial charge in [-0.25, -0.2) is 0 Å². The second-order valence-corrected chi connectivity index (χ2v) is 6.35. The molecule has 2 aromatic rings. The Bertz CT molecular complexity index is 668. The number of rotatable bonds is 4. The molecular formula is C20H25N3. The topological polar surface area (TPSA) is 53.1 Å². The van der Waals surface area contributed by atoms with Crippen LogP contribution >= 0.6 is 0 Å². The van der Waals surface area contributed by atoms with Gasteiger partial charge in [0.05, 0.1) is 5.71 Å². The smallest absolute Gasteiger partial charge is 0.0705 e. The van der Waals surface area contributed by atoms with Gasteiger partial charge in [-0.1, -0.05) is 43.7 Å². The summed E-state index contributed by atoms with van der Waals surface area (Å²) in [5, 5.41) is 8.38. The molecule has 120 valence electrons. The number of benzene rings is 2. The summed E-state index contributed by atoms with van der Waals surface area (Å²) in [5.74, 6) is 0.889. The van der Waals surface area contributed by atoms with E-state index in [4.69, 9.17) is 11.1 Å². The van der Waals surface area contributed by atoms with Crippen molar-refractivity contribution in [3.63, 3.8) is 0 Å². The first-order valence-corrected chi connectivity index (χ1v) is 8.48. The van der Waals surface area contributed by atoms with Crippen LogP contribution in [0.5, 0.6) is 0 Å². The minimum Gasteiger partial charge on any atom is -0.398 e. The molecule has 1 heterocycles. The molecule has 0 atom stereocenters.